The van der Waals surface area contributed by atoms with Crippen molar-refractivity contribution in [2.45, 2.75) is 40.0 Å². The molecule has 2 aromatic rings. The van der Waals surface area contributed by atoms with Crippen molar-refractivity contribution in [3.05, 3.63) is 46.0 Å². The van der Waals surface area contributed by atoms with Gasteiger partial charge in [0, 0.05) is 43.6 Å². The third kappa shape index (κ3) is 7.09. The van der Waals surface area contributed by atoms with Gasteiger partial charge in [0.25, 0.3) is 12.3 Å². The van der Waals surface area contributed by atoms with Crippen LogP contribution in [0.5, 0.6) is 5.75 Å². The zero-order valence-corrected chi connectivity index (χ0v) is 24.5. The number of ether oxygens (including phenoxy) is 1. The van der Waals surface area contributed by atoms with Gasteiger partial charge in [-0.2, -0.15) is 0 Å². The van der Waals surface area contributed by atoms with E-state index in [1.54, 1.807) is 6.08 Å². The molecule has 3 aliphatic rings. The van der Waals surface area contributed by atoms with Crippen molar-refractivity contribution in [3.8, 4) is 17.6 Å². The molecule has 1 saturated heterocycles. The van der Waals surface area contributed by atoms with Gasteiger partial charge in [0.2, 0.25) is 16.9 Å². The summed E-state index contributed by atoms with van der Waals surface area (Å²) in [5, 5.41) is 14.5. The van der Waals surface area contributed by atoms with Gasteiger partial charge in [-0.1, -0.05) is 31.1 Å². The first kappa shape index (κ1) is 30.6. The Hall–Kier alpha value is -4.38. The van der Waals surface area contributed by atoms with Crippen LogP contribution in [0.4, 0.5) is 13.9 Å². The number of methoxy groups -OCH3 is 1. The molecule has 3 amide bonds. The lowest BCUT2D eigenvalue weighted by Crippen LogP contribution is -2.53. The highest BCUT2D eigenvalue weighted by Gasteiger charge is 2.32. The Morgan fingerprint density at radius 1 is 1.24 bits per heavy atom. The number of pyridine rings is 1. The average Bonchev–Trinajstić information content (AvgIpc) is 3.73. The van der Waals surface area contributed by atoms with E-state index in [-0.39, 0.29) is 59.0 Å². The quantitative estimate of drug-likeness (QED) is 0.485. The Bertz CT molecular complexity index is 1490. The molecule has 0 bridgehead atoms. The Balaban J connectivity index is 0.00000198. The Morgan fingerprint density at radius 2 is 2.00 bits per heavy atom. The van der Waals surface area contributed by atoms with Crippen LogP contribution in [0.15, 0.2) is 29.7 Å². The molecule has 2 aromatic heterocycles. The van der Waals surface area contributed by atoms with Crippen LogP contribution in [0.2, 0.25) is 0 Å². The molecule has 4 heterocycles. The Morgan fingerprint density at radius 3 is 2.64 bits per heavy atom. The fourth-order valence-electron chi connectivity index (χ4n) is 4.20. The highest BCUT2D eigenvalue weighted by atomic mass is 32.1. The summed E-state index contributed by atoms with van der Waals surface area (Å²) >= 11 is 1.13. The minimum absolute atomic E-state index is 0.0319. The number of hydrogen-bond donors (Lipinski definition) is 2. The number of nitrogens with one attached hydrogen (secondary N) is 2. The van der Waals surface area contributed by atoms with E-state index in [0.717, 1.165) is 30.2 Å². The van der Waals surface area contributed by atoms with Crippen LogP contribution < -0.4 is 15.4 Å². The van der Waals surface area contributed by atoms with Gasteiger partial charge >= 0.3 is 0 Å². The number of alkyl halides is 2. The molecule has 42 heavy (non-hydrogen) atoms. The van der Waals surface area contributed by atoms with Crippen LogP contribution in [-0.4, -0.2) is 76.0 Å². The number of allylic oxidation sites excluding steroid dienone is 2. The summed E-state index contributed by atoms with van der Waals surface area (Å²) in [6.45, 7) is 5.80. The number of carbonyl (C=O) groups excluding carboxylic acids is 3. The normalized spacial score (nSPS) is 16.5. The summed E-state index contributed by atoms with van der Waals surface area (Å²) in [6, 6.07) is 1.16. The van der Waals surface area contributed by atoms with Crippen molar-refractivity contribution in [3.63, 3.8) is 0 Å². The molecule has 222 valence electrons. The van der Waals surface area contributed by atoms with Crippen LogP contribution in [-0.2, 0) is 14.4 Å². The van der Waals surface area contributed by atoms with Crippen molar-refractivity contribution < 1.29 is 27.9 Å². The third-order valence-corrected chi connectivity index (χ3v) is 7.27. The third-order valence-electron chi connectivity index (χ3n) is 6.51. The fourth-order valence-corrected chi connectivity index (χ4v) is 4.80. The number of anilines is 1. The van der Waals surface area contributed by atoms with Gasteiger partial charge in [-0.25, -0.2) is 8.78 Å². The standard InChI is InChI=1S/C26H25F2N7O4S.C2H6/c1-14(36)34-7-8-35(23(37)13-34)21-10-16(17-9-19(24(27)28)29-12-20(17)39-2)18(11-30-21)25(38)31-26-33-32-22(40-26)6-5-15-3-4-15;1-2/h9-10,12,15,24,30H,3-4,7-8,11,13H2,1-2H3,(H,31,33,38);1-2H3. The molecule has 0 spiro atoms. The first-order valence-corrected chi connectivity index (χ1v) is 14.3. The number of dihydropyridines is 1. The largest absolute Gasteiger partial charge is 0.494 e. The summed E-state index contributed by atoms with van der Waals surface area (Å²) < 4.78 is 32.6. The minimum Gasteiger partial charge on any atom is -0.494 e. The topological polar surface area (TPSA) is 130 Å². The first-order chi connectivity index (χ1) is 20.2. The highest BCUT2D eigenvalue weighted by molar-refractivity contribution is 7.15. The van der Waals surface area contributed by atoms with Crippen molar-refractivity contribution in [2.75, 3.05) is 38.6 Å². The molecule has 0 unspecified atom stereocenters. The van der Waals surface area contributed by atoms with Crippen LogP contribution in [0.3, 0.4) is 0 Å². The molecule has 14 heteroatoms. The van der Waals surface area contributed by atoms with E-state index in [4.69, 9.17) is 4.74 Å². The molecule has 1 aliphatic carbocycles. The summed E-state index contributed by atoms with van der Waals surface area (Å²) in [5.41, 5.74) is 0.183. The van der Waals surface area contributed by atoms with Gasteiger partial charge in [-0.15, -0.1) is 10.2 Å². The lowest BCUT2D eigenvalue weighted by molar-refractivity contribution is -0.142. The number of piperazine rings is 1. The van der Waals surface area contributed by atoms with Gasteiger partial charge in [0.15, 0.2) is 5.01 Å². The van der Waals surface area contributed by atoms with Crippen molar-refractivity contribution in [1.29, 1.82) is 0 Å². The Kier molecular flexibility index (Phi) is 9.84. The van der Waals surface area contributed by atoms with E-state index in [1.165, 1.54) is 30.0 Å². The lowest BCUT2D eigenvalue weighted by Gasteiger charge is -2.36. The second-order valence-corrected chi connectivity index (χ2v) is 10.3. The monoisotopic (exact) mass is 599 g/mol. The van der Waals surface area contributed by atoms with Crippen molar-refractivity contribution >= 4 is 39.8 Å². The maximum Gasteiger partial charge on any atom is 0.280 e. The highest BCUT2D eigenvalue weighted by Crippen LogP contribution is 2.35. The van der Waals surface area contributed by atoms with Gasteiger partial charge in [-0.3, -0.25) is 29.6 Å². The molecular weight excluding hydrogens is 568 g/mol. The molecule has 5 rings (SSSR count). The maximum absolute atomic E-state index is 13.6. The SMILES string of the molecule is CC.COc1cnc(C(F)F)cc1C1=C(C(=O)Nc2nnc(C#CC3CC3)s2)CNC(N2CCN(C(C)=O)CC2=O)=C1. The first-order valence-electron chi connectivity index (χ1n) is 13.5. The van der Waals surface area contributed by atoms with Crippen LogP contribution in [0.25, 0.3) is 5.57 Å². The molecule has 0 atom stereocenters. The van der Waals surface area contributed by atoms with E-state index in [1.807, 2.05) is 13.8 Å². The molecule has 0 radical (unpaired) electrons. The van der Waals surface area contributed by atoms with Gasteiger partial charge in [0.1, 0.15) is 23.8 Å². The zero-order valence-electron chi connectivity index (χ0n) is 23.7. The predicted octanol–water partition coefficient (Wildman–Crippen LogP) is 3.19. The van der Waals surface area contributed by atoms with Crippen LogP contribution in [0.1, 0.15) is 56.3 Å². The van der Waals surface area contributed by atoms with Crippen LogP contribution in [0, 0.1) is 17.8 Å². The number of carbonyl (C=O) groups is 3. The number of nitrogens with zero attached hydrogens (tertiary/aromatic N) is 5. The number of aromatic nitrogens is 3. The number of amides is 3. The van der Waals surface area contributed by atoms with Gasteiger partial charge in [0.05, 0.1) is 13.3 Å². The average molecular weight is 600 g/mol. The summed E-state index contributed by atoms with van der Waals surface area (Å²) in [7, 11) is 1.37. The predicted molar refractivity (Wildman–Crippen MR) is 152 cm³/mol. The van der Waals surface area contributed by atoms with Gasteiger partial charge in [-0.05, 0) is 36.5 Å². The van der Waals surface area contributed by atoms with Gasteiger partial charge < -0.3 is 15.0 Å². The van der Waals surface area contributed by atoms with Crippen LogP contribution >= 0.6 is 11.3 Å². The molecule has 11 nitrogen and oxygen atoms in total. The molecule has 0 aromatic carbocycles. The van der Waals surface area contributed by atoms with E-state index in [0.29, 0.717) is 23.3 Å². The minimum atomic E-state index is -2.86. The van der Waals surface area contributed by atoms with E-state index < -0.39 is 18.0 Å². The second-order valence-electron chi connectivity index (χ2n) is 9.28. The molecular formula is C28H31F2N7O4S. The molecule has 2 fully saturated rings. The fraction of sp³-hybridized carbons (Fsp3) is 0.429. The number of hydrogen-bond acceptors (Lipinski definition) is 9. The smallest absolute Gasteiger partial charge is 0.280 e. The Labute approximate surface area is 246 Å². The van der Waals surface area contributed by atoms with Crippen molar-refractivity contribution in [1.82, 2.24) is 30.3 Å². The van der Waals surface area contributed by atoms with E-state index in [2.05, 4.69) is 37.7 Å². The molecule has 2 N–H and O–H groups in total. The molecule has 1 saturated carbocycles. The summed E-state index contributed by atoms with van der Waals surface area (Å²) in [6.07, 6.45) is 1.99. The number of halogens is 2. The zero-order chi connectivity index (χ0) is 30.4. The number of rotatable bonds is 6. The second kappa shape index (κ2) is 13.5. The van der Waals surface area contributed by atoms with E-state index >= 15 is 0 Å². The maximum atomic E-state index is 13.6. The summed E-state index contributed by atoms with van der Waals surface area (Å²) in [4.78, 5) is 44.7. The van der Waals surface area contributed by atoms with Crippen molar-refractivity contribution in [2.24, 2.45) is 5.92 Å². The molecule has 2 aliphatic heterocycles. The van der Waals surface area contributed by atoms with E-state index in [9.17, 15) is 23.2 Å². The lowest BCUT2D eigenvalue weighted by atomic mass is 9.95. The summed E-state index contributed by atoms with van der Waals surface area (Å²) in [5.74, 6) is 5.89.